The molecule has 15 heavy (non-hydrogen) atoms. The van der Waals surface area contributed by atoms with E-state index in [1.165, 1.54) is 43.6 Å². The smallest absolute Gasteiger partial charge is 0.0369 e. The van der Waals surface area contributed by atoms with E-state index in [2.05, 4.69) is 35.7 Å². The number of allylic oxidation sites excluding steroid dienone is 1. The van der Waals surface area contributed by atoms with Crippen LogP contribution in [0.3, 0.4) is 0 Å². The molecule has 0 aliphatic carbocycles. The predicted octanol–water partition coefficient (Wildman–Crippen LogP) is 3.41. The van der Waals surface area contributed by atoms with Gasteiger partial charge in [0.2, 0.25) is 0 Å². The van der Waals surface area contributed by atoms with Crippen LogP contribution in [0, 0.1) is 0 Å². The largest absolute Gasteiger partial charge is 0.372 e. The van der Waals surface area contributed by atoms with E-state index in [0.29, 0.717) is 0 Å². The molecule has 0 N–H and O–H groups in total. The molecule has 0 unspecified atom stereocenters. The zero-order chi connectivity index (χ0) is 10.5. The van der Waals surface area contributed by atoms with Crippen molar-refractivity contribution in [1.29, 1.82) is 0 Å². The molecule has 0 radical (unpaired) electrons. The average molecular weight is 201 g/mol. The van der Waals surface area contributed by atoms with Crippen molar-refractivity contribution in [2.24, 2.45) is 0 Å². The molecule has 2 rings (SSSR count). The van der Waals surface area contributed by atoms with Crippen LogP contribution in [0.4, 0.5) is 5.69 Å². The van der Waals surface area contributed by atoms with Crippen molar-refractivity contribution in [2.45, 2.75) is 25.7 Å². The third kappa shape index (κ3) is 2.62. The Morgan fingerprint density at radius 3 is 2.73 bits per heavy atom. The molecule has 0 atom stereocenters. The quantitative estimate of drug-likeness (QED) is 0.677. The van der Waals surface area contributed by atoms with Crippen LogP contribution in [0.1, 0.15) is 24.8 Å². The van der Waals surface area contributed by atoms with Gasteiger partial charge in [0, 0.05) is 18.8 Å². The Morgan fingerprint density at radius 2 is 2.00 bits per heavy atom. The van der Waals surface area contributed by atoms with Gasteiger partial charge >= 0.3 is 0 Å². The van der Waals surface area contributed by atoms with E-state index in [0.717, 1.165) is 6.42 Å². The van der Waals surface area contributed by atoms with E-state index in [1.807, 2.05) is 6.08 Å². The fourth-order valence-corrected chi connectivity index (χ4v) is 2.20. The third-order valence-corrected chi connectivity index (χ3v) is 3.01. The van der Waals surface area contributed by atoms with Gasteiger partial charge in [-0.15, -0.1) is 6.58 Å². The van der Waals surface area contributed by atoms with Gasteiger partial charge in [0.25, 0.3) is 0 Å². The van der Waals surface area contributed by atoms with Gasteiger partial charge in [-0.25, -0.2) is 0 Å². The van der Waals surface area contributed by atoms with E-state index >= 15 is 0 Å². The van der Waals surface area contributed by atoms with Gasteiger partial charge in [-0.3, -0.25) is 0 Å². The van der Waals surface area contributed by atoms with Crippen molar-refractivity contribution in [1.82, 2.24) is 0 Å². The molecule has 1 saturated heterocycles. The molecule has 0 aromatic heterocycles. The highest BCUT2D eigenvalue weighted by Gasteiger charge is 2.10. The van der Waals surface area contributed by atoms with Gasteiger partial charge < -0.3 is 4.90 Å². The fraction of sp³-hybridized carbons (Fsp3) is 0.429. The van der Waals surface area contributed by atoms with Crippen LogP contribution in [-0.4, -0.2) is 13.1 Å². The van der Waals surface area contributed by atoms with Crippen molar-refractivity contribution in [2.75, 3.05) is 18.0 Å². The molecule has 1 aliphatic heterocycles. The highest BCUT2D eigenvalue weighted by Crippen LogP contribution is 2.21. The molecule has 1 aromatic carbocycles. The Hall–Kier alpha value is -1.24. The topological polar surface area (TPSA) is 3.24 Å². The number of benzene rings is 1. The second-order valence-electron chi connectivity index (χ2n) is 4.21. The summed E-state index contributed by atoms with van der Waals surface area (Å²) in [7, 11) is 0. The molecule has 1 nitrogen and oxygen atoms in total. The first-order valence-corrected chi connectivity index (χ1v) is 5.85. The molecule has 0 saturated carbocycles. The van der Waals surface area contributed by atoms with Crippen LogP contribution in [0.25, 0.3) is 0 Å². The van der Waals surface area contributed by atoms with Crippen LogP contribution >= 0.6 is 0 Å². The molecular weight excluding hydrogens is 182 g/mol. The lowest BCUT2D eigenvalue weighted by Crippen LogP contribution is -2.29. The van der Waals surface area contributed by atoms with Crippen LogP contribution in [0.15, 0.2) is 36.9 Å². The first-order valence-electron chi connectivity index (χ1n) is 5.85. The van der Waals surface area contributed by atoms with Crippen molar-refractivity contribution >= 4 is 5.69 Å². The lowest BCUT2D eigenvalue weighted by molar-refractivity contribution is 0.578. The van der Waals surface area contributed by atoms with Crippen molar-refractivity contribution in [3.05, 3.63) is 42.5 Å². The Balaban J connectivity index is 2.12. The number of hydrogen-bond acceptors (Lipinski definition) is 1. The minimum Gasteiger partial charge on any atom is -0.372 e. The Kier molecular flexibility index (Phi) is 3.44. The van der Waals surface area contributed by atoms with Gasteiger partial charge in [-0.1, -0.05) is 18.2 Å². The molecule has 0 bridgehead atoms. The Labute approximate surface area is 92.4 Å². The van der Waals surface area contributed by atoms with Gasteiger partial charge in [0.05, 0.1) is 0 Å². The van der Waals surface area contributed by atoms with Crippen molar-refractivity contribution in [3.8, 4) is 0 Å². The Morgan fingerprint density at radius 1 is 1.20 bits per heavy atom. The van der Waals surface area contributed by atoms with Gasteiger partial charge in [-0.05, 0) is 43.4 Å². The van der Waals surface area contributed by atoms with Crippen LogP contribution in [-0.2, 0) is 6.42 Å². The second-order valence-corrected chi connectivity index (χ2v) is 4.21. The summed E-state index contributed by atoms with van der Waals surface area (Å²) in [5.74, 6) is 0. The summed E-state index contributed by atoms with van der Waals surface area (Å²) in [4.78, 5) is 2.50. The summed E-state index contributed by atoms with van der Waals surface area (Å²) in [5, 5.41) is 0. The summed E-state index contributed by atoms with van der Waals surface area (Å²) >= 11 is 0. The van der Waals surface area contributed by atoms with Crippen molar-refractivity contribution in [3.63, 3.8) is 0 Å². The number of hydrogen-bond donors (Lipinski definition) is 0. The molecule has 1 fully saturated rings. The van der Waals surface area contributed by atoms with Crippen molar-refractivity contribution < 1.29 is 0 Å². The van der Waals surface area contributed by atoms with Gasteiger partial charge in [0.1, 0.15) is 0 Å². The normalized spacial score (nSPS) is 16.4. The summed E-state index contributed by atoms with van der Waals surface area (Å²) in [6, 6.07) is 8.85. The molecule has 0 amide bonds. The minimum atomic E-state index is 0.974. The second kappa shape index (κ2) is 5.01. The van der Waals surface area contributed by atoms with Crippen LogP contribution < -0.4 is 4.90 Å². The molecule has 1 heteroatoms. The minimum absolute atomic E-state index is 0.974. The zero-order valence-electron chi connectivity index (χ0n) is 9.28. The number of anilines is 1. The first kappa shape index (κ1) is 10.3. The first-order chi connectivity index (χ1) is 7.40. The molecule has 1 heterocycles. The third-order valence-electron chi connectivity index (χ3n) is 3.01. The van der Waals surface area contributed by atoms with E-state index in [-0.39, 0.29) is 0 Å². The lowest BCUT2D eigenvalue weighted by Gasteiger charge is -2.29. The fourth-order valence-electron chi connectivity index (χ4n) is 2.20. The molecule has 1 aromatic rings. The van der Waals surface area contributed by atoms with Crippen LogP contribution in [0.5, 0.6) is 0 Å². The summed E-state index contributed by atoms with van der Waals surface area (Å²) < 4.78 is 0. The van der Waals surface area contributed by atoms with Gasteiger partial charge in [0.15, 0.2) is 0 Å². The molecule has 1 aliphatic rings. The van der Waals surface area contributed by atoms with E-state index in [9.17, 15) is 0 Å². The Bertz CT molecular complexity index is 324. The highest BCUT2D eigenvalue weighted by molar-refractivity contribution is 5.49. The van der Waals surface area contributed by atoms with E-state index < -0.39 is 0 Å². The van der Waals surface area contributed by atoms with E-state index in [4.69, 9.17) is 0 Å². The summed E-state index contributed by atoms with van der Waals surface area (Å²) in [6.45, 7) is 6.22. The zero-order valence-corrected chi connectivity index (χ0v) is 9.28. The predicted molar refractivity (Wildman–Crippen MR) is 66.4 cm³/mol. The molecule has 80 valence electrons. The summed E-state index contributed by atoms with van der Waals surface area (Å²) in [6.07, 6.45) is 7.01. The highest BCUT2D eigenvalue weighted by atomic mass is 15.1. The molecule has 0 spiro atoms. The van der Waals surface area contributed by atoms with Crippen LogP contribution in [0.2, 0.25) is 0 Å². The summed E-state index contributed by atoms with van der Waals surface area (Å²) in [5.41, 5.74) is 2.75. The number of rotatable bonds is 3. The standard InChI is InChI=1S/C14H19N/c1-2-7-13-8-6-9-14(12-13)15-10-4-3-5-11-15/h2,6,8-9,12H,1,3-5,7,10-11H2. The van der Waals surface area contributed by atoms with Gasteiger partial charge in [-0.2, -0.15) is 0 Å². The average Bonchev–Trinajstić information content (AvgIpc) is 2.31. The maximum absolute atomic E-state index is 3.78. The SMILES string of the molecule is C=CCc1cccc(N2CCCCC2)c1. The van der Waals surface area contributed by atoms with E-state index in [1.54, 1.807) is 0 Å². The maximum Gasteiger partial charge on any atom is 0.0369 e. The number of piperidine rings is 1. The lowest BCUT2D eigenvalue weighted by atomic mass is 10.1. The monoisotopic (exact) mass is 201 g/mol. The molecular formula is C14H19N. The maximum atomic E-state index is 3.78. The number of nitrogens with zero attached hydrogens (tertiary/aromatic N) is 1.